The van der Waals surface area contributed by atoms with Crippen molar-refractivity contribution in [3.05, 3.63) is 131 Å². The number of carbonyl (C=O) groups is 8. The number of amides is 8. The number of rotatable bonds is 27. The predicted octanol–water partition coefficient (Wildman–Crippen LogP) is 4.76. The van der Waals surface area contributed by atoms with Gasteiger partial charge in [0, 0.05) is 50.4 Å². The molecule has 88 heavy (non-hydrogen) atoms. The number of ether oxygens (including phenoxy) is 2. The lowest BCUT2D eigenvalue weighted by Gasteiger charge is -2.42. The monoisotopic (exact) mass is 1210 g/mol. The molecule has 0 radical (unpaired) electrons. The fraction of sp³-hybridized carbons (Fsp3) is 0.529. The SMILES string of the molecule is CN[C@@H](C)C(=O)N[C@H](C(=O)N1CCOC[C@@H]1CN(CCc1ccccc1)C(=O)CNC(=O)c1ccc(-c2ccc(C(=O)NCC(=O)N(CCc3ccccc3)C[C@@H]3COCCN3C(=O)[C@@H](NC(=O)[C@H](C)NC)C3CCCCC3)cc2)cc1)C1CCCCC1. The van der Waals surface area contributed by atoms with Gasteiger partial charge in [-0.2, -0.15) is 0 Å². The van der Waals surface area contributed by atoms with Crippen molar-refractivity contribution in [3.63, 3.8) is 0 Å². The Morgan fingerprint density at radius 1 is 0.500 bits per heavy atom. The van der Waals surface area contributed by atoms with E-state index in [4.69, 9.17) is 9.47 Å². The van der Waals surface area contributed by atoms with Gasteiger partial charge in [0.1, 0.15) is 12.1 Å². The van der Waals surface area contributed by atoms with E-state index in [9.17, 15) is 38.4 Å². The van der Waals surface area contributed by atoms with Gasteiger partial charge >= 0.3 is 0 Å². The van der Waals surface area contributed by atoms with Crippen molar-refractivity contribution in [1.82, 2.24) is 51.5 Å². The third-order valence-electron chi connectivity index (χ3n) is 18.1. The molecular formula is C68H92N10O10. The maximum atomic E-state index is 14.6. The summed E-state index contributed by atoms with van der Waals surface area (Å²) in [5, 5.41) is 17.8. The standard InChI is InChI=1S/C68H92N10O10/c1-47(69-3)63(81)73-61(53-21-13-7-14-22-53)67(85)77-37-39-87-45-57(77)43-75(35-33-49-17-9-5-10-18-49)59(79)41-71-65(83)55-29-25-51(26-30-55)52-27-31-56(32-28-52)66(84)72-42-60(80)76(36-34-50-19-11-6-12-20-50)44-58-46-88-40-38-78(58)68(86)62(54-23-15-8-16-24-54)74-64(82)48(2)70-4/h5-6,9-12,17-20,25-32,47-48,53-54,57-58,61-62,69-70H,7-8,13-16,21-24,33-46H2,1-4H3,(H,71,83)(H,72,84)(H,73,81)(H,74,82)/t47-,48-,57-,58+,61-,62-/m0/s1. The molecule has 8 amide bonds. The van der Waals surface area contributed by atoms with Crippen LogP contribution in [0.1, 0.15) is 110 Å². The van der Waals surface area contributed by atoms with Crippen LogP contribution in [0.5, 0.6) is 0 Å². The molecule has 20 heteroatoms. The summed E-state index contributed by atoms with van der Waals surface area (Å²) in [7, 11) is 3.42. The third-order valence-corrected chi connectivity index (χ3v) is 18.1. The normalized spacial score (nSPS) is 18.8. The van der Waals surface area contributed by atoms with E-state index in [-0.39, 0.29) is 86.7 Å². The van der Waals surface area contributed by atoms with Crippen LogP contribution in [-0.4, -0.2) is 196 Å². The van der Waals surface area contributed by atoms with Crippen molar-refractivity contribution in [2.45, 2.75) is 127 Å². The molecule has 4 aliphatic rings. The first kappa shape index (κ1) is 66.4. The molecule has 4 aromatic carbocycles. The topological polar surface area (TPSA) is 240 Å². The average Bonchev–Trinajstić information content (AvgIpc) is 2.18. The van der Waals surface area contributed by atoms with Gasteiger partial charge in [-0.25, -0.2) is 0 Å². The van der Waals surface area contributed by atoms with Crippen molar-refractivity contribution in [3.8, 4) is 11.1 Å². The second-order valence-electron chi connectivity index (χ2n) is 24.0. The van der Waals surface area contributed by atoms with Gasteiger partial charge in [-0.3, -0.25) is 38.4 Å². The summed E-state index contributed by atoms with van der Waals surface area (Å²) in [5.41, 5.74) is 4.32. The van der Waals surface area contributed by atoms with Crippen LogP contribution in [0.3, 0.4) is 0 Å². The van der Waals surface area contributed by atoms with Gasteiger partial charge < -0.3 is 61.0 Å². The van der Waals surface area contributed by atoms with Gasteiger partial charge in [0.25, 0.3) is 11.8 Å². The predicted molar refractivity (Wildman–Crippen MR) is 337 cm³/mol. The smallest absolute Gasteiger partial charge is 0.251 e. The van der Waals surface area contributed by atoms with Gasteiger partial charge in [0.2, 0.25) is 35.4 Å². The summed E-state index contributed by atoms with van der Waals surface area (Å²) in [6.45, 7) is 5.74. The molecule has 6 N–H and O–H groups in total. The molecule has 2 heterocycles. The molecule has 2 aliphatic heterocycles. The van der Waals surface area contributed by atoms with Crippen LogP contribution < -0.4 is 31.9 Å². The van der Waals surface area contributed by atoms with Gasteiger partial charge in [0.05, 0.1) is 63.7 Å². The van der Waals surface area contributed by atoms with Gasteiger partial charge in [-0.15, -0.1) is 0 Å². The van der Waals surface area contributed by atoms with E-state index in [0.29, 0.717) is 63.4 Å². The fourth-order valence-electron chi connectivity index (χ4n) is 12.4. The molecule has 0 aromatic heterocycles. The second kappa shape index (κ2) is 33.7. The molecule has 20 nitrogen and oxygen atoms in total. The van der Waals surface area contributed by atoms with Crippen LogP contribution in [0.25, 0.3) is 11.1 Å². The first-order chi connectivity index (χ1) is 42.7. The molecule has 2 aliphatic carbocycles. The third kappa shape index (κ3) is 18.8. The summed E-state index contributed by atoms with van der Waals surface area (Å²) in [4.78, 5) is 118. The number of morpholine rings is 2. The number of hydrogen-bond acceptors (Lipinski definition) is 12. The van der Waals surface area contributed by atoms with Crippen molar-refractivity contribution in [2.75, 3.05) is 92.9 Å². The fourth-order valence-corrected chi connectivity index (χ4v) is 12.4. The number of benzene rings is 4. The Morgan fingerprint density at radius 3 is 1.22 bits per heavy atom. The van der Waals surface area contributed by atoms with Crippen molar-refractivity contribution >= 4 is 47.3 Å². The Bertz CT molecular complexity index is 2730. The molecule has 0 bridgehead atoms. The summed E-state index contributed by atoms with van der Waals surface area (Å²) in [5.74, 6) is -2.31. The number of likely N-dealkylation sites (N-methyl/N-ethyl adjacent to an activating group) is 2. The van der Waals surface area contributed by atoms with Crippen LogP contribution in [0, 0.1) is 11.8 Å². The van der Waals surface area contributed by atoms with E-state index in [1.54, 1.807) is 96.1 Å². The minimum atomic E-state index is -0.698. The zero-order chi connectivity index (χ0) is 62.4. The van der Waals surface area contributed by atoms with E-state index in [0.717, 1.165) is 86.5 Å². The van der Waals surface area contributed by atoms with Gasteiger partial charge in [-0.05, 0) is 125 Å². The maximum Gasteiger partial charge on any atom is 0.251 e. The van der Waals surface area contributed by atoms with Crippen LogP contribution in [-0.2, 0) is 51.1 Å². The van der Waals surface area contributed by atoms with Gasteiger partial charge in [-0.1, -0.05) is 123 Å². The van der Waals surface area contributed by atoms with E-state index in [1.165, 1.54) is 0 Å². The van der Waals surface area contributed by atoms with Crippen LogP contribution in [0.4, 0.5) is 0 Å². The van der Waals surface area contributed by atoms with E-state index in [2.05, 4.69) is 31.9 Å². The maximum absolute atomic E-state index is 14.6. The molecule has 6 atom stereocenters. The number of carbonyl (C=O) groups excluding carboxylic acids is 8. The summed E-state index contributed by atoms with van der Waals surface area (Å²) in [6, 6.07) is 30.2. The van der Waals surface area contributed by atoms with E-state index in [1.807, 2.05) is 60.7 Å². The molecule has 2 saturated carbocycles. The van der Waals surface area contributed by atoms with Gasteiger partial charge in [0.15, 0.2) is 0 Å². The largest absolute Gasteiger partial charge is 0.377 e. The minimum Gasteiger partial charge on any atom is -0.377 e. The Labute approximate surface area is 518 Å². The highest BCUT2D eigenvalue weighted by molar-refractivity contribution is 5.98. The Morgan fingerprint density at radius 2 is 0.864 bits per heavy atom. The highest BCUT2D eigenvalue weighted by Gasteiger charge is 2.41. The quantitative estimate of drug-likeness (QED) is 0.0474. The lowest BCUT2D eigenvalue weighted by Crippen LogP contribution is -2.62. The number of hydrogen-bond donors (Lipinski definition) is 6. The zero-order valence-corrected chi connectivity index (χ0v) is 51.9. The lowest BCUT2D eigenvalue weighted by atomic mass is 9.83. The summed E-state index contributed by atoms with van der Waals surface area (Å²) >= 11 is 0. The highest BCUT2D eigenvalue weighted by atomic mass is 16.5. The molecule has 4 fully saturated rings. The lowest BCUT2D eigenvalue weighted by molar-refractivity contribution is -0.148. The van der Waals surface area contributed by atoms with E-state index >= 15 is 0 Å². The Kier molecular flexibility index (Phi) is 25.5. The Hall–Kier alpha value is -7.52. The van der Waals surface area contributed by atoms with Crippen LogP contribution >= 0.6 is 0 Å². The first-order valence-corrected chi connectivity index (χ1v) is 31.8. The molecule has 0 spiro atoms. The van der Waals surface area contributed by atoms with Crippen LogP contribution in [0.15, 0.2) is 109 Å². The Balaban J connectivity index is 0.875. The molecule has 474 valence electrons. The molecule has 0 unspecified atom stereocenters. The highest BCUT2D eigenvalue weighted by Crippen LogP contribution is 2.30. The summed E-state index contributed by atoms with van der Waals surface area (Å²) in [6.07, 6.45) is 10.6. The second-order valence-corrected chi connectivity index (χ2v) is 24.0. The average molecular weight is 1210 g/mol. The van der Waals surface area contributed by atoms with Crippen molar-refractivity contribution in [2.24, 2.45) is 11.8 Å². The number of nitrogens with zero attached hydrogens (tertiary/aromatic N) is 4. The first-order valence-electron chi connectivity index (χ1n) is 31.8. The van der Waals surface area contributed by atoms with Crippen molar-refractivity contribution in [1.29, 1.82) is 0 Å². The van der Waals surface area contributed by atoms with Crippen molar-refractivity contribution < 1.29 is 47.8 Å². The molecule has 2 saturated heterocycles. The zero-order valence-electron chi connectivity index (χ0n) is 51.9. The molecule has 8 rings (SSSR count). The number of nitrogens with one attached hydrogen (secondary N) is 6. The van der Waals surface area contributed by atoms with E-state index < -0.39 is 48.1 Å². The van der Waals surface area contributed by atoms with Crippen LogP contribution in [0.2, 0.25) is 0 Å². The minimum absolute atomic E-state index is 0.00167. The summed E-state index contributed by atoms with van der Waals surface area (Å²) < 4.78 is 11.9. The molecular weight excluding hydrogens is 1120 g/mol. The molecule has 4 aromatic rings.